The number of rotatable bonds is 12. The van der Waals surface area contributed by atoms with Gasteiger partial charge in [-0.15, -0.1) is 0 Å². The lowest BCUT2D eigenvalue weighted by atomic mass is 10.0. The number of fused-ring (bicyclic) bond motifs is 1. The molecule has 228 valence electrons. The lowest BCUT2D eigenvalue weighted by molar-refractivity contribution is -0.384. The average molecular weight is 602 g/mol. The number of ketones is 1. The Kier molecular flexibility index (Phi) is 8.86. The highest BCUT2D eigenvalue weighted by atomic mass is 16.6. The monoisotopic (exact) mass is 601 g/mol. The molecule has 2 N–H and O–H groups in total. The predicted molar refractivity (Wildman–Crippen MR) is 160 cm³/mol. The van der Waals surface area contributed by atoms with E-state index in [1.54, 1.807) is 48.5 Å². The third-order valence-corrected chi connectivity index (χ3v) is 7.56. The summed E-state index contributed by atoms with van der Waals surface area (Å²) >= 11 is 0. The molecule has 13 heteroatoms. The lowest BCUT2D eigenvalue weighted by Crippen LogP contribution is -2.45. The number of imidazole rings is 1. The Bertz CT molecular complexity index is 1790. The largest absolute Gasteiger partial charge is 0.496 e. The number of carbonyl (C=O) groups is 3. The van der Waals surface area contributed by atoms with Crippen LogP contribution in [0.2, 0.25) is 0 Å². The van der Waals surface area contributed by atoms with Gasteiger partial charge < -0.3 is 20.1 Å². The second-order valence-electron chi connectivity index (χ2n) is 10.5. The molecule has 1 saturated heterocycles. The van der Waals surface area contributed by atoms with Crippen molar-refractivity contribution in [3.63, 3.8) is 0 Å². The number of non-ortho nitro benzene ring substituents is 1. The van der Waals surface area contributed by atoms with Crippen LogP contribution in [0.4, 0.5) is 5.69 Å². The lowest BCUT2D eigenvalue weighted by Gasteiger charge is -2.24. The van der Waals surface area contributed by atoms with E-state index >= 15 is 0 Å². The van der Waals surface area contributed by atoms with Crippen molar-refractivity contribution in [3.8, 4) is 5.75 Å². The van der Waals surface area contributed by atoms with E-state index in [1.165, 1.54) is 39.3 Å². The van der Waals surface area contributed by atoms with Crippen molar-refractivity contribution < 1.29 is 28.8 Å². The number of para-hydroxylation sites is 1. The number of hydrogen-bond donors (Lipinski definition) is 1. The van der Waals surface area contributed by atoms with Crippen LogP contribution in [0.15, 0.2) is 71.5 Å². The highest BCUT2D eigenvalue weighted by Gasteiger charge is 2.28. The number of nitro benzene ring substituents is 1. The molecule has 0 radical (unpaired) electrons. The molecule has 2 heterocycles. The Hall–Kier alpha value is -5.30. The molecular formula is C31H31N5O8. The quantitative estimate of drug-likeness (QED) is 0.147. The van der Waals surface area contributed by atoms with Gasteiger partial charge in [0.25, 0.3) is 5.69 Å². The highest BCUT2D eigenvalue weighted by Crippen LogP contribution is 2.27. The molecular weight excluding hydrogens is 570 g/mol. The number of methoxy groups -OCH3 is 1. The number of primary amides is 1. The molecule has 1 fully saturated rings. The van der Waals surface area contributed by atoms with E-state index in [0.29, 0.717) is 35.4 Å². The van der Waals surface area contributed by atoms with Gasteiger partial charge in [-0.05, 0) is 31.0 Å². The molecule has 3 aromatic carbocycles. The number of benzene rings is 3. The Morgan fingerprint density at radius 3 is 2.52 bits per heavy atom. The molecule has 44 heavy (non-hydrogen) atoms. The van der Waals surface area contributed by atoms with E-state index in [9.17, 15) is 29.3 Å². The highest BCUT2D eigenvalue weighted by molar-refractivity contribution is 6.15. The first kappa shape index (κ1) is 30.2. The first-order chi connectivity index (χ1) is 21.2. The molecule has 1 aromatic heterocycles. The third kappa shape index (κ3) is 6.22. The first-order valence-corrected chi connectivity index (χ1v) is 14.0. The molecule has 0 saturated carbocycles. The zero-order valence-corrected chi connectivity index (χ0v) is 24.0. The maximum absolute atomic E-state index is 14.1. The van der Waals surface area contributed by atoms with E-state index < -0.39 is 29.0 Å². The minimum Gasteiger partial charge on any atom is -0.496 e. The van der Waals surface area contributed by atoms with Crippen molar-refractivity contribution in [1.82, 2.24) is 14.0 Å². The standard InChI is InChI=1S/C31H31N5O8/c1-43-26-13-12-22(36(41)42)15-21(26)16-34-25-11-5-10-24(30(39)20-7-3-2-4-8-20)29(25)35(31(34)40)19-28(38)33(18-27(32)37)17-23-9-6-14-44-23/h2-5,7-8,10-13,15,23H,6,9,14,16-19H2,1H3,(H2,32,37). The molecule has 0 aliphatic carbocycles. The number of ether oxygens (including phenoxy) is 2. The summed E-state index contributed by atoms with van der Waals surface area (Å²) in [5, 5.41) is 11.5. The second-order valence-corrected chi connectivity index (χ2v) is 10.5. The van der Waals surface area contributed by atoms with E-state index in [-0.39, 0.29) is 48.3 Å². The summed E-state index contributed by atoms with van der Waals surface area (Å²) in [6, 6.07) is 17.4. The fraction of sp³-hybridized carbons (Fsp3) is 0.290. The summed E-state index contributed by atoms with van der Waals surface area (Å²) in [6.45, 7) is -0.344. The molecule has 2 amide bonds. The number of nitrogens with zero attached hydrogens (tertiary/aromatic N) is 4. The van der Waals surface area contributed by atoms with Crippen LogP contribution in [0.3, 0.4) is 0 Å². The van der Waals surface area contributed by atoms with Gasteiger partial charge in [-0.1, -0.05) is 36.4 Å². The molecule has 1 unspecified atom stereocenters. The molecule has 0 bridgehead atoms. The molecule has 4 aromatic rings. The summed E-state index contributed by atoms with van der Waals surface area (Å²) in [4.78, 5) is 65.6. The van der Waals surface area contributed by atoms with Crippen LogP contribution >= 0.6 is 0 Å². The minimum absolute atomic E-state index is 0.121. The van der Waals surface area contributed by atoms with Gasteiger partial charge in [0.2, 0.25) is 11.8 Å². The van der Waals surface area contributed by atoms with Gasteiger partial charge in [-0.3, -0.25) is 33.6 Å². The van der Waals surface area contributed by atoms with Crippen LogP contribution in [-0.2, 0) is 27.4 Å². The summed E-state index contributed by atoms with van der Waals surface area (Å²) in [7, 11) is 1.41. The number of aromatic nitrogens is 2. The zero-order chi connectivity index (χ0) is 31.4. The number of nitrogens with two attached hydrogens (primary N) is 1. The Labute approximate surface area is 251 Å². The number of amides is 2. The van der Waals surface area contributed by atoms with Gasteiger partial charge >= 0.3 is 5.69 Å². The number of nitro groups is 1. The Balaban J connectivity index is 1.64. The van der Waals surface area contributed by atoms with Crippen LogP contribution in [0.5, 0.6) is 5.75 Å². The number of carbonyl (C=O) groups excluding carboxylic acids is 3. The van der Waals surface area contributed by atoms with Gasteiger partial charge in [-0.2, -0.15) is 0 Å². The van der Waals surface area contributed by atoms with Gasteiger partial charge in [0.05, 0.1) is 42.3 Å². The van der Waals surface area contributed by atoms with Crippen molar-refractivity contribution in [2.24, 2.45) is 5.73 Å². The summed E-state index contributed by atoms with van der Waals surface area (Å²) < 4.78 is 13.6. The minimum atomic E-state index is -0.719. The SMILES string of the molecule is COc1ccc([N+](=O)[O-])cc1Cn1c(=O)n(CC(=O)N(CC(N)=O)CC2CCCO2)c2c(C(=O)c3ccccc3)cccc21. The Morgan fingerprint density at radius 2 is 1.86 bits per heavy atom. The van der Waals surface area contributed by atoms with Crippen molar-refractivity contribution >= 4 is 34.3 Å². The second kappa shape index (κ2) is 12.9. The Morgan fingerprint density at radius 1 is 1.09 bits per heavy atom. The summed E-state index contributed by atoms with van der Waals surface area (Å²) in [6.07, 6.45) is 1.26. The summed E-state index contributed by atoms with van der Waals surface area (Å²) in [5.41, 5.74) is 6.08. The van der Waals surface area contributed by atoms with E-state index in [4.69, 9.17) is 15.2 Å². The first-order valence-electron chi connectivity index (χ1n) is 14.0. The molecule has 13 nitrogen and oxygen atoms in total. The van der Waals surface area contributed by atoms with Gasteiger partial charge in [0, 0.05) is 42.0 Å². The van der Waals surface area contributed by atoms with E-state index in [0.717, 1.165) is 6.42 Å². The van der Waals surface area contributed by atoms with Gasteiger partial charge in [0.15, 0.2) is 5.78 Å². The summed E-state index contributed by atoms with van der Waals surface area (Å²) in [5.74, 6) is -1.32. The van der Waals surface area contributed by atoms with Crippen LogP contribution < -0.4 is 16.2 Å². The van der Waals surface area contributed by atoms with Crippen LogP contribution in [0, 0.1) is 10.1 Å². The topological polar surface area (TPSA) is 169 Å². The van der Waals surface area contributed by atoms with E-state index in [2.05, 4.69) is 0 Å². The molecule has 0 spiro atoms. The van der Waals surface area contributed by atoms with Crippen molar-refractivity contribution in [1.29, 1.82) is 0 Å². The third-order valence-electron chi connectivity index (χ3n) is 7.56. The van der Waals surface area contributed by atoms with Gasteiger partial charge in [-0.25, -0.2) is 4.79 Å². The van der Waals surface area contributed by atoms with Crippen molar-refractivity contribution in [2.45, 2.75) is 32.0 Å². The molecule has 1 aliphatic rings. The van der Waals surface area contributed by atoms with Crippen LogP contribution in [0.25, 0.3) is 11.0 Å². The molecule has 1 aliphatic heterocycles. The van der Waals surface area contributed by atoms with Crippen LogP contribution in [0.1, 0.15) is 34.3 Å². The molecule has 5 rings (SSSR count). The molecule has 1 atom stereocenters. The van der Waals surface area contributed by atoms with Gasteiger partial charge in [0.1, 0.15) is 12.3 Å². The normalized spacial score (nSPS) is 14.4. The average Bonchev–Trinajstić information content (AvgIpc) is 3.63. The number of hydrogen-bond acceptors (Lipinski definition) is 8. The fourth-order valence-electron chi connectivity index (χ4n) is 5.49. The smallest absolute Gasteiger partial charge is 0.329 e. The maximum Gasteiger partial charge on any atom is 0.329 e. The fourth-order valence-corrected chi connectivity index (χ4v) is 5.49. The van der Waals surface area contributed by atoms with Crippen molar-refractivity contribution in [2.75, 3.05) is 26.8 Å². The predicted octanol–water partition coefficient (Wildman–Crippen LogP) is 2.49. The zero-order valence-electron chi connectivity index (χ0n) is 24.0. The maximum atomic E-state index is 14.1. The van der Waals surface area contributed by atoms with E-state index in [1.807, 2.05) is 0 Å². The van der Waals surface area contributed by atoms with Crippen molar-refractivity contribution in [3.05, 3.63) is 104 Å². The van der Waals surface area contributed by atoms with Crippen LogP contribution in [-0.4, -0.2) is 69.5 Å².